The molecule has 2 aromatic carbocycles. The number of nitrogens with zero attached hydrogens (tertiary/aromatic N) is 2. The van der Waals surface area contributed by atoms with Crippen molar-refractivity contribution in [2.45, 2.75) is 6.54 Å². The molecule has 0 spiro atoms. The molecule has 0 aliphatic heterocycles. The number of amides is 1. The summed E-state index contributed by atoms with van der Waals surface area (Å²) in [6, 6.07) is 17.1. The van der Waals surface area contributed by atoms with Gasteiger partial charge in [-0.15, -0.1) is 0 Å². The van der Waals surface area contributed by atoms with E-state index >= 15 is 0 Å². The van der Waals surface area contributed by atoms with Crippen LogP contribution < -0.4 is 10.1 Å². The van der Waals surface area contributed by atoms with Crippen molar-refractivity contribution >= 4 is 11.9 Å². The van der Waals surface area contributed by atoms with Crippen LogP contribution in [0.25, 0.3) is 0 Å². The van der Waals surface area contributed by atoms with Crippen LogP contribution in [0.4, 0.5) is 5.95 Å². The maximum Gasteiger partial charge on any atom is 0.261 e. The molecule has 0 aliphatic rings. The molecule has 23 heavy (non-hydrogen) atoms. The Kier molecular flexibility index (Phi) is 4.38. The molecule has 0 bridgehead atoms. The average Bonchev–Trinajstić information content (AvgIpc) is 3.02. The van der Waals surface area contributed by atoms with Gasteiger partial charge in [0.25, 0.3) is 5.91 Å². The molecule has 0 aliphatic carbocycles. The number of benzene rings is 2. The molecule has 1 heterocycles. The zero-order valence-electron chi connectivity index (χ0n) is 12.8. The van der Waals surface area contributed by atoms with Gasteiger partial charge < -0.3 is 9.30 Å². The Hall–Kier alpha value is -3.08. The average molecular weight is 307 g/mol. The molecule has 3 rings (SSSR count). The lowest BCUT2D eigenvalue weighted by atomic mass is 10.2. The molecule has 0 atom stereocenters. The zero-order valence-corrected chi connectivity index (χ0v) is 12.8. The van der Waals surface area contributed by atoms with Crippen LogP contribution in [0.15, 0.2) is 67.0 Å². The maximum absolute atomic E-state index is 12.5. The molecule has 5 nitrogen and oxygen atoms in total. The fourth-order valence-corrected chi connectivity index (χ4v) is 2.34. The predicted octanol–water partition coefficient (Wildman–Crippen LogP) is 3.19. The second-order valence-corrected chi connectivity index (χ2v) is 5.02. The van der Waals surface area contributed by atoms with Gasteiger partial charge in [0.05, 0.1) is 19.2 Å². The van der Waals surface area contributed by atoms with E-state index in [0.717, 1.165) is 5.56 Å². The Balaban J connectivity index is 1.79. The Labute approximate surface area is 134 Å². The van der Waals surface area contributed by atoms with Crippen molar-refractivity contribution in [2.75, 3.05) is 12.4 Å². The molecule has 116 valence electrons. The smallest absolute Gasteiger partial charge is 0.261 e. The summed E-state index contributed by atoms with van der Waals surface area (Å²) in [6.45, 7) is 0.641. The van der Waals surface area contributed by atoms with Gasteiger partial charge in [0.2, 0.25) is 5.95 Å². The van der Waals surface area contributed by atoms with Crippen molar-refractivity contribution in [1.29, 1.82) is 0 Å². The van der Waals surface area contributed by atoms with Crippen LogP contribution in [-0.2, 0) is 6.54 Å². The number of methoxy groups -OCH3 is 1. The molecule has 0 unspecified atom stereocenters. The number of carbonyl (C=O) groups is 1. The lowest BCUT2D eigenvalue weighted by Crippen LogP contribution is -2.17. The van der Waals surface area contributed by atoms with E-state index in [2.05, 4.69) is 10.3 Å². The van der Waals surface area contributed by atoms with E-state index in [1.165, 1.54) is 0 Å². The third-order valence-corrected chi connectivity index (χ3v) is 3.49. The molecule has 5 heteroatoms. The van der Waals surface area contributed by atoms with Gasteiger partial charge in [-0.25, -0.2) is 4.98 Å². The molecule has 1 aromatic heterocycles. The molecule has 1 amide bonds. The van der Waals surface area contributed by atoms with Crippen molar-refractivity contribution in [3.8, 4) is 5.75 Å². The molecule has 0 saturated heterocycles. The Morgan fingerprint density at radius 1 is 1.13 bits per heavy atom. The van der Waals surface area contributed by atoms with Gasteiger partial charge in [0.15, 0.2) is 0 Å². The van der Waals surface area contributed by atoms with E-state index in [1.54, 1.807) is 31.5 Å². The highest BCUT2D eigenvalue weighted by atomic mass is 16.5. The monoisotopic (exact) mass is 307 g/mol. The van der Waals surface area contributed by atoms with Crippen LogP contribution in [0, 0.1) is 0 Å². The first kappa shape index (κ1) is 14.8. The summed E-state index contributed by atoms with van der Waals surface area (Å²) < 4.78 is 7.12. The first-order chi connectivity index (χ1) is 11.3. The van der Waals surface area contributed by atoms with Gasteiger partial charge in [-0.3, -0.25) is 10.1 Å². The third-order valence-electron chi connectivity index (χ3n) is 3.49. The molecular weight excluding hydrogens is 290 g/mol. The minimum Gasteiger partial charge on any atom is -0.496 e. The number of rotatable bonds is 5. The van der Waals surface area contributed by atoms with Gasteiger partial charge in [0.1, 0.15) is 5.75 Å². The lowest BCUT2D eigenvalue weighted by molar-refractivity contribution is 0.102. The lowest BCUT2D eigenvalue weighted by Gasteiger charge is -2.11. The number of hydrogen-bond donors (Lipinski definition) is 1. The first-order valence-electron chi connectivity index (χ1n) is 7.27. The second kappa shape index (κ2) is 6.79. The molecule has 0 saturated carbocycles. The summed E-state index contributed by atoms with van der Waals surface area (Å²) in [5, 5.41) is 2.83. The zero-order chi connectivity index (χ0) is 16.1. The number of anilines is 1. The summed E-state index contributed by atoms with van der Waals surface area (Å²) in [5.74, 6) is 0.791. The van der Waals surface area contributed by atoms with Gasteiger partial charge in [-0.2, -0.15) is 0 Å². The SMILES string of the molecule is COc1ccccc1C(=O)Nc1nccn1Cc1ccccc1. The van der Waals surface area contributed by atoms with E-state index in [4.69, 9.17) is 4.74 Å². The Morgan fingerprint density at radius 3 is 2.65 bits per heavy atom. The van der Waals surface area contributed by atoms with Crippen LogP contribution in [-0.4, -0.2) is 22.6 Å². The Bertz CT molecular complexity index is 797. The van der Waals surface area contributed by atoms with Gasteiger partial charge in [-0.1, -0.05) is 42.5 Å². The number of hydrogen-bond acceptors (Lipinski definition) is 3. The summed E-state index contributed by atoms with van der Waals surface area (Å²) in [4.78, 5) is 16.7. The van der Waals surface area contributed by atoms with Gasteiger partial charge in [0, 0.05) is 12.4 Å². The summed E-state index contributed by atoms with van der Waals surface area (Å²) in [5.41, 5.74) is 1.61. The fourth-order valence-electron chi connectivity index (χ4n) is 2.34. The van der Waals surface area contributed by atoms with Crippen molar-refractivity contribution in [2.24, 2.45) is 0 Å². The minimum absolute atomic E-state index is 0.247. The fraction of sp³-hybridized carbons (Fsp3) is 0.111. The normalized spacial score (nSPS) is 10.3. The number of nitrogens with one attached hydrogen (secondary N) is 1. The van der Waals surface area contributed by atoms with Gasteiger partial charge in [-0.05, 0) is 17.7 Å². The van der Waals surface area contributed by atoms with Crippen molar-refractivity contribution in [3.05, 3.63) is 78.1 Å². The Morgan fingerprint density at radius 2 is 1.87 bits per heavy atom. The molecule has 3 aromatic rings. The van der Waals surface area contributed by atoms with E-state index in [-0.39, 0.29) is 5.91 Å². The van der Waals surface area contributed by atoms with Crippen LogP contribution in [0.2, 0.25) is 0 Å². The van der Waals surface area contributed by atoms with E-state index in [1.807, 2.05) is 47.2 Å². The second-order valence-electron chi connectivity index (χ2n) is 5.02. The highest BCUT2D eigenvalue weighted by molar-refractivity contribution is 6.05. The number of ether oxygens (including phenoxy) is 1. The number of carbonyl (C=O) groups excluding carboxylic acids is 1. The standard InChI is InChI=1S/C18H17N3O2/c1-23-16-10-6-5-9-15(16)17(22)20-18-19-11-12-21(18)13-14-7-3-2-4-8-14/h2-12H,13H2,1H3,(H,19,20,22). The number of para-hydroxylation sites is 1. The van der Waals surface area contributed by atoms with Crippen LogP contribution in [0.3, 0.4) is 0 Å². The number of imidazole rings is 1. The molecule has 1 N–H and O–H groups in total. The maximum atomic E-state index is 12.5. The predicted molar refractivity (Wildman–Crippen MR) is 88.7 cm³/mol. The van der Waals surface area contributed by atoms with Gasteiger partial charge >= 0.3 is 0 Å². The van der Waals surface area contributed by atoms with E-state index in [9.17, 15) is 4.79 Å². The van der Waals surface area contributed by atoms with Crippen LogP contribution in [0.1, 0.15) is 15.9 Å². The number of aromatic nitrogens is 2. The van der Waals surface area contributed by atoms with Crippen molar-refractivity contribution < 1.29 is 9.53 Å². The quantitative estimate of drug-likeness (QED) is 0.787. The van der Waals surface area contributed by atoms with Crippen molar-refractivity contribution in [1.82, 2.24) is 9.55 Å². The topological polar surface area (TPSA) is 56.1 Å². The third kappa shape index (κ3) is 3.40. The first-order valence-corrected chi connectivity index (χ1v) is 7.27. The van der Waals surface area contributed by atoms with E-state index < -0.39 is 0 Å². The molecule has 0 radical (unpaired) electrons. The summed E-state index contributed by atoms with van der Waals surface area (Å²) in [7, 11) is 1.54. The largest absolute Gasteiger partial charge is 0.496 e. The molecule has 0 fully saturated rings. The minimum atomic E-state index is -0.247. The summed E-state index contributed by atoms with van der Waals surface area (Å²) in [6.07, 6.45) is 3.51. The van der Waals surface area contributed by atoms with Crippen molar-refractivity contribution in [3.63, 3.8) is 0 Å². The highest BCUT2D eigenvalue weighted by Crippen LogP contribution is 2.19. The van der Waals surface area contributed by atoms with E-state index in [0.29, 0.717) is 23.8 Å². The molecular formula is C18H17N3O2. The van der Waals surface area contributed by atoms with Crippen LogP contribution in [0.5, 0.6) is 5.75 Å². The highest BCUT2D eigenvalue weighted by Gasteiger charge is 2.14. The summed E-state index contributed by atoms with van der Waals surface area (Å²) >= 11 is 0. The van der Waals surface area contributed by atoms with Crippen LogP contribution >= 0.6 is 0 Å².